The molecule has 0 amide bonds. The summed E-state index contributed by atoms with van der Waals surface area (Å²) < 4.78 is 34.0. The molecule has 0 aromatic rings. The zero-order valence-electron chi connectivity index (χ0n) is 17.9. The molecule has 0 bridgehead atoms. The average molecular weight is 430 g/mol. The first-order valence-corrected chi connectivity index (χ1v) is 10.8. The second kappa shape index (κ2) is 16.8. The van der Waals surface area contributed by atoms with Gasteiger partial charge in [-0.25, -0.2) is 0 Å². The van der Waals surface area contributed by atoms with Crippen LogP contribution in [0.4, 0.5) is 0 Å². The van der Waals surface area contributed by atoms with Crippen molar-refractivity contribution in [2.24, 2.45) is 0 Å². The number of aliphatic hydroxyl groups excluding tert-OH is 3. The van der Waals surface area contributed by atoms with Crippen molar-refractivity contribution in [2.45, 2.75) is 78.2 Å². The van der Waals surface area contributed by atoms with E-state index < -0.39 is 8.60 Å². The smallest absolute Gasteiger partial charge is 0.333 e. The van der Waals surface area contributed by atoms with Crippen LogP contribution in [0.15, 0.2) is 0 Å². The monoisotopic (exact) mass is 430 g/mol. The number of aliphatic hydroxyl groups is 3. The minimum Gasteiger partial charge on any atom is -0.394 e. The highest BCUT2D eigenvalue weighted by Crippen LogP contribution is 2.44. The lowest BCUT2D eigenvalue weighted by Crippen LogP contribution is -2.26. The summed E-state index contributed by atoms with van der Waals surface area (Å²) in [6.07, 6.45) is -1.77. The first kappa shape index (κ1) is 28.1. The molecule has 0 aromatic carbocycles. The predicted octanol–water partition coefficient (Wildman–Crippen LogP) is 1.62. The Morgan fingerprint density at radius 3 is 0.964 bits per heavy atom. The van der Waals surface area contributed by atoms with Crippen molar-refractivity contribution in [1.82, 2.24) is 0 Å². The van der Waals surface area contributed by atoms with Gasteiger partial charge in [0.2, 0.25) is 0 Å². The molecule has 0 radical (unpaired) electrons. The van der Waals surface area contributed by atoms with Crippen LogP contribution in [0.25, 0.3) is 0 Å². The van der Waals surface area contributed by atoms with Gasteiger partial charge in [-0.1, -0.05) is 0 Å². The highest BCUT2D eigenvalue weighted by Gasteiger charge is 2.24. The van der Waals surface area contributed by atoms with E-state index in [1.807, 2.05) is 20.8 Å². The summed E-state index contributed by atoms with van der Waals surface area (Å²) in [5.41, 5.74) is 0. The van der Waals surface area contributed by atoms with Crippen LogP contribution in [0, 0.1) is 0 Å². The van der Waals surface area contributed by atoms with E-state index in [2.05, 4.69) is 0 Å². The van der Waals surface area contributed by atoms with Crippen LogP contribution in [0.1, 0.15) is 41.5 Å². The van der Waals surface area contributed by atoms with E-state index in [1.165, 1.54) is 0 Å². The molecule has 10 heteroatoms. The molecule has 28 heavy (non-hydrogen) atoms. The summed E-state index contributed by atoms with van der Waals surface area (Å²) in [4.78, 5) is 0. The summed E-state index contributed by atoms with van der Waals surface area (Å²) >= 11 is 0. The summed E-state index contributed by atoms with van der Waals surface area (Å²) in [7, 11) is -1.71. The molecular formula is C18H39O9P. The largest absolute Gasteiger partial charge is 0.394 e. The first-order chi connectivity index (χ1) is 13.2. The quantitative estimate of drug-likeness (QED) is 0.279. The van der Waals surface area contributed by atoms with Gasteiger partial charge in [-0.15, -0.1) is 0 Å². The molecular weight excluding hydrogens is 391 g/mol. The summed E-state index contributed by atoms with van der Waals surface area (Å²) in [6, 6.07) is 0. The van der Waals surface area contributed by atoms with E-state index in [0.29, 0.717) is 0 Å². The van der Waals surface area contributed by atoms with Crippen molar-refractivity contribution in [3.05, 3.63) is 0 Å². The molecule has 6 atom stereocenters. The van der Waals surface area contributed by atoms with Crippen LogP contribution >= 0.6 is 8.60 Å². The van der Waals surface area contributed by atoms with Crippen LogP contribution < -0.4 is 0 Å². The van der Waals surface area contributed by atoms with Crippen LogP contribution in [0.5, 0.6) is 0 Å². The van der Waals surface area contributed by atoms with Crippen LogP contribution in [0.2, 0.25) is 0 Å². The maximum Gasteiger partial charge on any atom is 0.333 e. The summed E-state index contributed by atoms with van der Waals surface area (Å²) in [5.74, 6) is 0. The average Bonchev–Trinajstić information content (AvgIpc) is 2.67. The Balaban J connectivity index is 4.62. The topological polar surface area (TPSA) is 116 Å². The molecule has 0 heterocycles. The van der Waals surface area contributed by atoms with Gasteiger partial charge >= 0.3 is 8.60 Å². The number of hydrogen-bond acceptors (Lipinski definition) is 9. The molecule has 0 aromatic heterocycles. The molecule has 170 valence electrons. The Labute approximate surface area is 170 Å². The van der Waals surface area contributed by atoms with E-state index in [4.69, 9.17) is 43.1 Å². The number of hydrogen-bond donors (Lipinski definition) is 3. The second-order valence-corrected chi connectivity index (χ2v) is 8.03. The predicted molar refractivity (Wildman–Crippen MR) is 106 cm³/mol. The van der Waals surface area contributed by atoms with Gasteiger partial charge in [0.1, 0.15) is 0 Å². The van der Waals surface area contributed by atoms with Crippen molar-refractivity contribution < 1.29 is 43.1 Å². The minimum atomic E-state index is -1.71. The van der Waals surface area contributed by atoms with Crippen LogP contribution in [-0.4, -0.2) is 91.6 Å². The first-order valence-electron chi connectivity index (χ1n) is 9.69. The Bertz CT molecular complexity index is 312. The lowest BCUT2D eigenvalue weighted by molar-refractivity contribution is -0.0455. The van der Waals surface area contributed by atoms with Crippen molar-refractivity contribution in [3.8, 4) is 0 Å². The standard InChI is InChI=1S/C18H39O9P/c1-13(7-19)22-10-16(4)25-28(26-17(5)11-23-14(2)8-20)27-18(6)12-24-15(3)9-21/h13-21H,7-12H2,1-6H3. The third kappa shape index (κ3) is 15.0. The maximum atomic E-state index is 9.04. The lowest BCUT2D eigenvalue weighted by atomic mass is 10.4. The van der Waals surface area contributed by atoms with E-state index in [9.17, 15) is 0 Å². The van der Waals surface area contributed by atoms with Gasteiger partial charge in [0, 0.05) is 0 Å². The molecule has 0 spiro atoms. The van der Waals surface area contributed by atoms with E-state index in [1.54, 1.807) is 20.8 Å². The van der Waals surface area contributed by atoms with Gasteiger partial charge in [-0.05, 0) is 41.5 Å². The van der Waals surface area contributed by atoms with Gasteiger partial charge in [0.25, 0.3) is 0 Å². The molecule has 0 saturated carbocycles. The normalized spacial score (nSPS) is 19.6. The minimum absolute atomic E-state index is 0.0662. The number of ether oxygens (including phenoxy) is 3. The molecule has 6 unspecified atom stereocenters. The third-order valence-corrected chi connectivity index (χ3v) is 5.01. The fraction of sp³-hybridized carbons (Fsp3) is 1.00. The van der Waals surface area contributed by atoms with Gasteiger partial charge in [-0.3, -0.25) is 0 Å². The van der Waals surface area contributed by atoms with Crippen molar-refractivity contribution in [3.63, 3.8) is 0 Å². The highest BCUT2D eigenvalue weighted by molar-refractivity contribution is 7.41. The van der Waals surface area contributed by atoms with E-state index in [-0.39, 0.29) is 76.3 Å². The molecule has 0 aliphatic heterocycles. The Hall–Kier alpha value is 0.0700. The van der Waals surface area contributed by atoms with Crippen molar-refractivity contribution >= 4 is 8.60 Å². The molecule has 0 aliphatic carbocycles. The van der Waals surface area contributed by atoms with Crippen molar-refractivity contribution in [1.29, 1.82) is 0 Å². The fourth-order valence-corrected chi connectivity index (χ4v) is 2.88. The Morgan fingerprint density at radius 2 is 0.750 bits per heavy atom. The molecule has 9 nitrogen and oxygen atoms in total. The molecule has 0 saturated heterocycles. The highest BCUT2D eigenvalue weighted by atomic mass is 31.2. The summed E-state index contributed by atoms with van der Waals surface area (Å²) in [5, 5.41) is 27.1. The number of rotatable bonds is 18. The second-order valence-electron chi connectivity index (χ2n) is 6.95. The van der Waals surface area contributed by atoms with Gasteiger partial charge in [0.05, 0.1) is 76.3 Å². The van der Waals surface area contributed by atoms with Gasteiger partial charge in [0.15, 0.2) is 0 Å². The van der Waals surface area contributed by atoms with E-state index >= 15 is 0 Å². The molecule has 0 aliphatic rings. The molecule has 0 fully saturated rings. The molecule has 3 N–H and O–H groups in total. The zero-order chi connectivity index (χ0) is 21.5. The lowest BCUT2D eigenvalue weighted by Gasteiger charge is -2.27. The summed E-state index contributed by atoms with van der Waals surface area (Å²) in [6.45, 7) is 11.5. The SMILES string of the molecule is CC(CO)OCC(C)OP(OC(C)COC(C)CO)OC(C)COC(C)CO. The fourth-order valence-electron chi connectivity index (χ4n) is 1.66. The zero-order valence-corrected chi connectivity index (χ0v) is 18.8. The maximum absolute atomic E-state index is 9.04. The van der Waals surface area contributed by atoms with Crippen LogP contribution in [0.3, 0.4) is 0 Å². The third-order valence-electron chi connectivity index (χ3n) is 3.42. The molecule has 0 rings (SSSR count). The van der Waals surface area contributed by atoms with E-state index in [0.717, 1.165) is 0 Å². The van der Waals surface area contributed by atoms with Gasteiger partial charge < -0.3 is 43.1 Å². The van der Waals surface area contributed by atoms with Crippen LogP contribution in [-0.2, 0) is 27.8 Å². The van der Waals surface area contributed by atoms with Gasteiger partial charge in [-0.2, -0.15) is 0 Å². The Kier molecular flexibility index (Phi) is 16.9. The van der Waals surface area contributed by atoms with Crippen molar-refractivity contribution in [2.75, 3.05) is 39.6 Å². The Morgan fingerprint density at radius 1 is 0.500 bits per heavy atom.